The molecule has 82 heavy (non-hydrogen) atoms. The molecule has 0 rings (SSSR count). The number of rotatable bonds is 65. The van der Waals surface area contributed by atoms with Gasteiger partial charge in [0.1, 0.15) is 13.2 Å². The summed E-state index contributed by atoms with van der Waals surface area (Å²) in [6, 6.07) is 0. The quantitative estimate of drug-likeness (QED) is 0.0261. The van der Waals surface area contributed by atoms with Gasteiger partial charge >= 0.3 is 17.9 Å². The van der Waals surface area contributed by atoms with E-state index in [-0.39, 0.29) is 31.1 Å². The summed E-state index contributed by atoms with van der Waals surface area (Å²) in [7, 11) is 0. The standard InChI is InChI=1S/C76H134O6/c1-4-7-10-13-16-19-22-25-28-30-32-34-35-36-37-38-39-40-41-43-44-46-48-51-54-57-60-63-66-69-75(78)81-72-73(71-80-74(77)68-65-62-59-56-53-50-27-24-21-18-15-12-9-6-3)82-76(79)70-67-64-61-58-55-52-49-47-45-42-33-31-29-26-23-20-17-14-11-8-5-2/h7,10,16,19,24-25,27-28,32,34,36-37,39-40,73H,4-6,8-9,11-15,17-18,20-23,26,29-31,33,35,38,41-72H2,1-3H3/b10-7-,19-16-,27-24-,28-25-,34-32-,37-36-,40-39-. The van der Waals surface area contributed by atoms with Crippen molar-refractivity contribution >= 4 is 17.9 Å². The van der Waals surface area contributed by atoms with Crippen molar-refractivity contribution in [2.24, 2.45) is 0 Å². The van der Waals surface area contributed by atoms with E-state index in [1.54, 1.807) is 0 Å². The van der Waals surface area contributed by atoms with E-state index in [1.165, 1.54) is 218 Å². The third-order valence-electron chi connectivity index (χ3n) is 15.6. The summed E-state index contributed by atoms with van der Waals surface area (Å²) in [6.45, 7) is 6.56. The highest BCUT2D eigenvalue weighted by Gasteiger charge is 2.19. The number of hydrogen-bond donors (Lipinski definition) is 0. The first-order valence-electron chi connectivity index (χ1n) is 35.6. The summed E-state index contributed by atoms with van der Waals surface area (Å²) in [4.78, 5) is 38.4. The van der Waals surface area contributed by atoms with Gasteiger partial charge in [0, 0.05) is 19.3 Å². The zero-order valence-electron chi connectivity index (χ0n) is 54.5. The fourth-order valence-corrected chi connectivity index (χ4v) is 10.3. The molecule has 0 radical (unpaired) electrons. The van der Waals surface area contributed by atoms with Crippen LogP contribution in [0.2, 0.25) is 0 Å². The highest BCUT2D eigenvalue weighted by molar-refractivity contribution is 5.71. The molecular formula is C76H134O6. The van der Waals surface area contributed by atoms with E-state index in [1.807, 2.05) is 0 Å². The predicted molar refractivity (Wildman–Crippen MR) is 358 cm³/mol. The lowest BCUT2D eigenvalue weighted by Crippen LogP contribution is -2.30. The van der Waals surface area contributed by atoms with Gasteiger partial charge in [-0.3, -0.25) is 14.4 Å². The lowest BCUT2D eigenvalue weighted by atomic mass is 10.0. The average Bonchev–Trinajstić information content (AvgIpc) is 3.47. The Hall–Kier alpha value is -3.41. The number of hydrogen-bond acceptors (Lipinski definition) is 6. The number of ether oxygens (including phenoxy) is 3. The van der Waals surface area contributed by atoms with Crippen LogP contribution in [0.4, 0.5) is 0 Å². The molecule has 6 nitrogen and oxygen atoms in total. The van der Waals surface area contributed by atoms with Crippen LogP contribution in [0.25, 0.3) is 0 Å². The summed E-state index contributed by atoms with van der Waals surface area (Å²) < 4.78 is 17.0. The molecule has 0 aromatic heterocycles. The summed E-state index contributed by atoms with van der Waals surface area (Å²) in [6.07, 6.45) is 93.2. The molecule has 0 fully saturated rings. The molecule has 0 saturated heterocycles. The number of esters is 3. The molecular weight excluding hydrogens is 1010 g/mol. The highest BCUT2D eigenvalue weighted by atomic mass is 16.6. The highest BCUT2D eigenvalue weighted by Crippen LogP contribution is 2.18. The Bertz CT molecular complexity index is 1550. The fraction of sp³-hybridized carbons (Fsp3) is 0.776. The van der Waals surface area contributed by atoms with Crippen LogP contribution in [0.3, 0.4) is 0 Å². The topological polar surface area (TPSA) is 78.9 Å². The number of carbonyl (C=O) groups excluding carboxylic acids is 3. The third-order valence-corrected chi connectivity index (χ3v) is 15.6. The Balaban J connectivity index is 4.29. The molecule has 0 spiro atoms. The van der Waals surface area contributed by atoms with Gasteiger partial charge in [0.15, 0.2) is 6.10 Å². The Morgan fingerprint density at radius 2 is 0.476 bits per heavy atom. The zero-order chi connectivity index (χ0) is 59.2. The Morgan fingerprint density at radius 3 is 0.756 bits per heavy atom. The molecule has 0 aliphatic carbocycles. The Morgan fingerprint density at radius 1 is 0.256 bits per heavy atom. The van der Waals surface area contributed by atoms with Crippen LogP contribution >= 0.6 is 0 Å². The second-order valence-electron chi connectivity index (χ2n) is 23.8. The summed E-state index contributed by atoms with van der Waals surface area (Å²) in [5, 5.41) is 0. The van der Waals surface area contributed by atoms with Gasteiger partial charge in [-0.15, -0.1) is 0 Å². The van der Waals surface area contributed by atoms with Gasteiger partial charge in [-0.05, 0) is 96.3 Å². The van der Waals surface area contributed by atoms with Crippen LogP contribution in [-0.2, 0) is 28.6 Å². The zero-order valence-corrected chi connectivity index (χ0v) is 54.5. The Kier molecular flexibility index (Phi) is 67.2. The smallest absolute Gasteiger partial charge is 0.306 e. The maximum absolute atomic E-state index is 13.0. The fourth-order valence-electron chi connectivity index (χ4n) is 10.3. The van der Waals surface area contributed by atoms with E-state index in [2.05, 4.69) is 106 Å². The minimum Gasteiger partial charge on any atom is -0.462 e. The van der Waals surface area contributed by atoms with E-state index in [0.717, 1.165) is 103 Å². The minimum absolute atomic E-state index is 0.0775. The van der Waals surface area contributed by atoms with Gasteiger partial charge in [-0.2, -0.15) is 0 Å². The van der Waals surface area contributed by atoms with Crippen molar-refractivity contribution < 1.29 is 28.6 Å². The lowest BCUT2D eigenvalue weighted by Gasteiger charge is -2.18. The van der Waals surface area contributed by atoms with E-state index in [4.69, 9.17) is 14.2 Å². The number of allylic oxidation sites excluding steroid dienone is 14. The van der Waals surface area contributed by atoms with Crippen LogP contribution < -0.4 is 0 Å². The molecule has 0 aromatic rings. The van der Waals surface area contributed by atoms with Crippen LogP contribution in [0, 0.1) is 0 Å². The first-order valence-corrected chi connectivity index (χ1v) is 35.6. The second kappa shape index (κ2) is 70.1. The molecule has 6 heteroatoms. The van der Waals surface area contributed by atoms with E-state index in [0.29, 0.717) is 19.3 Å². The number of carbonyl (C=O) groups is 3. The number of unbranched alkanes of at least 4 members (excludes halogenated alkanes) is 40. The molecule has 0 N–H and O–H groups in total. The van der Waals surface area contributed by atoms with Gasteiger partial charge in [0.05, 0.1) is 0 Å². The largest absolute Gasteiger partial charge is 0.462 e. The summed E-state index contributed by atoms with van der Waals surface area (Å²) in [5.41, 5.74) is 0. The van der Waals surface area contributed by atoms with Crippen LogP contribution in [0.1, 0.15) is 361 Å². The molecule has 0 saturated carbocycles. The van der Waals surface area contributed by atoms with Crippen LogP contribution in [0.5, 0.6) is 0 Å². The van der Waals surface area contributed by atoms with E-state index < -0.39 is 6.10 Å². The molecule has 1 atom stereocenters. The van der Waals surface area contributed by atoms with Gasteiger partial charge in [-0.1, -0.05) is 331 Å². The van der Waals surface area contributed by atoms with Crippen molar-refractivity contribution in [3.05, 3.63) is 85.1 Å². The first kappa shape index (κ1) is 78.6. The predicted octanol–water partition coefficient (Wildman–Crippen LogP) is 24.6. The lowest BCUT2D eigenvalue weighted by molar-refractivity contribution is -0.167. The van der Waals surface area contributed by atoms with E-state index in [9.17, 15) is 14.4 Å². The van der Waals surface area contributed by atoms with Crippen LogP contribution in [-0.4, -0.2) is 37.2 Å². The normalized spacial score (nSPS) is 12.6. The van der Waals surface area contributed by atoms with Crippen LogP contribution in [0.15, 0.2) is 85.1 Å². The monoisotopic (exact) mass is 1140 g/mol. The Labute approximate surface area is 509 Å². The van der Waals surface area contributed by atoms with Crippen molar-refractivity contribution in [1.82, 2.24) is 0 Å². The van der Waals surface area contributed by atoms with Gasteiger partial charge in [0.2, 0.25) is 0 Å². The van der Waals surface area contributed by atoms with Crippen molar-refractivity contribution in [3.8, 4) is 0 Å². The molecule has 0 aliphatic rings. The van der Waals surface area contributed by atoms with Crippen molar-refractivity contribution in [3.63, 3.8) is 0 Å². The van der Waals surface area contributed by atoms with Crippen molar-refractivity contribution in [1.29, 1.82) is 0 Å². The molecule has 474 valence electrons. The van der Waals surface area contributed by atoms with E-state index >= 15 is 0 Å². The maximum atomic E-state index is 13.0. The van der Waals surface area contributed by atoms with Crippen molar-refractivity contribution in [2.45, 2.75) is 367 Å². The maximum Gasteiger partial charge on any atom is 0.306 e. The second-order valence-corrected chi connectivity index (χ2v) is 23.8. The van der Waals surface area contributed by atoms with Gasteiger partial charge < -0.3 is 14.2 Å². The molecule has 0 bridgehead atoms. The molecule has 0 aromatic carbocycles. The molecule has 0 heterocycles. The van der Waals surface area contributed by atoms with Gasteiger partial charge in [-0.25, -0.2) is 0 Å². The van der Waals surface area contributed by atoms with Gasteiger partial charge in [0.25, 0.3) is 0 Å². The first-order chi connectivity index (χ1) is 40.5. The molecule has 0 aliphatic heterocycles. The molecule has 1 unspecified atom stereocenters. The third kappa shape index (κ3) is 67.4. The molecule has 0 amide bonds. The van der Waals surface area contributed by atoms with Crippen molar-refractivity contribution in [2.75, 3.05) is 13.2 Å². The average molecular weight is 1140 g/mol. The SMILES string of the molecule is CC/C=C\C/C=C\C/C=C\C/C=C\C/C=C\C/C=C\CCCCCCCCCCCCC(=O)OCC(COC(=O)CCCCCCC/C=C\CCCCCCC)OC(=O)CCCCCCCCCCCCCCCCCCCCCCC. The minimum atomic E-state index is -0.781. The summed E-state index contributed by atoms with van der Waals surface area (Å²) >= 11 is 0. The summed E-state index contributed by atoms with van der Waals surface area (Å²) in [5.74, 6) is -0.869.